The summed E-state index contributed by atoms with van der Waals surface area (Å²) in [5, 5.41) is 11.8. The Morgan fingerprint density at radius 3 is 2.87 bits per heavy atom. The van der Waals surface area contributed by atoms with Crippen LogP contribution in [0, 0.1) is 5.92 Å². The highest BCUT2D eigenvalue weighted by Gasteiger charge is 2.29. The van der Waals surface area contributed by atoms with E-state index in [4.69, 9.17) is 5.11 Å². The molecule has 0 bridgehead atoms. The fourth-order valence-corrected chi connectivity index (χ4v) is 1.77. The van der Waals surface area contributed by atoms with Crippen LogP contribution in [0.4, 0.5) is 0 Å². The maximum Gasteiger partial charge on any atom is 0.323 e. The average molecular weight is 214 g/mol. The Hall–Kier alpha value is -1.10. The fraction of sp³-hybridized carbons (Fsp3) is 0.800. The highest BCUT2D eigenvalue weighted by atomic mass is 16.4. The van der Waals surface area contributed by atoms with Crippen LogP contribution in [-0.2, 0) is 9.59 Å². The smallest absolute Gasteiger partial charge is 0.323 e. The number of nitrogens with one attached hydrogen (secondary N) is 1. The molecule has 0 spiro atoms. The van der Waals surface area contributed by atoms with Crippen molar-refractivity contribution >= 4 is 11.9 Å². The first-order valence-corrected chi connectivity index (χ1v) is 5.24. The number of carbonyl (C=O) groups excluding carboxylic acids is 1. The number of hydrogen-bond donors (Lipinski definition) is 2. The van der Waals surface area contributed by atoms with Gasteiger partial charge in [0.25, 0.3) is 0 Å². The predicted octanol–water partition coefficient (Wildman–Crippen LogP) is -0.0825. The van der Waals surface area contributed by atoms with E-state index in [9.17, 15) is 9.59 Å². The van der Waals surface area contributed by atoms with Crippen LogP contribution in [0.2, 0.25) is 0 Å². The number of hydrogen-bond acceptors (Lipinski definition) is 3. The number of rotatable bonds is 4. The topological polar surface area (TPSA) is 69.6 Å². The molecule has 1 heterocycles. The third-order valence-corrected chi connectivity index (χ3v) is 2.42. The standard InChI is InChI=1S/C10H18N2O3/c1-7(2)5-8-10(15)12(4-3-11-8)6-9(13)14/h7-8,11H,3-6H2,1-2H3,(H,13,14)/t8-/m1/s1. The van der Waals surface area contributed by atoms with Gasteiger partial charge in [-0.2, -0.15) is 0 Å². The van der Waals surface area contributed by atoms with Crippen LogP contribution in [0.25, 0.3) is 0 Å². The van der Waals surface area contributed by atoms with Gasteiger partial charge in [0.2, 0.25) is 5.91 Å². The van der Waals surface area contributed by atoms with E-state index in [1.54, 1.807) is 0 Å². The first kappa shape index (κ1) is 12.0. The molecule has 0 aromatic carbocycles. The lowest BCUT2D eigenvalue weighted by Crippen LogP contribution is -2.56. The molecule has 0 radical (unpaired) electrons. The number of piperazine rings is 1. The van der Waals surface area contributed by atoms with Gasteiger partial charge in [-0.05, 0) is 12.3 Å². The maximum atomic E-state index is 11.8. The second-order valence-corrected chi connectivity index (χ2v) is 4.29. The molecule has 1 amide bonds. The molecule has 5 nitrogen and oxygen atoms in total. The summed E-state index contributed by atoms with van der Waals surface area (Å²) in [6.45, 7) is 5.07. The van der Waals surface area contributed by atoms with Crippen LogP contribution in [0.3, 0.4) is 0 Å². The van der Waals surface area contributed by atoms with E-state index in [1.807, 2.05) is 13.8 Å². The minimum Gasteiger partial charge on any atom is -0.480 e. The van der Waals surface area contributed by atoms with Crippen LogP contribution in [0.15, 0.2) is 0 Å². The summed E-state index contributed by atoms with van der Waals surface area (Å²) >= 11 is 0. The zero-order valence-electron chi connectivity index (χ0n) is 9.19. The van der Waals surface area contributed by atoms with E-state index in [0.717, 1.165) is 6.42 Å². The maximum absolute atomic E-state index is 11.8. The van der Waals surface area contributed by atoms with Gasteiger partial charge in [0.15, 0.2) is 0 Å². The van der Waals surface area contributed by atoms with Crippen molar-refractivity contribution in [1.82, 2.24) is 10.2 Å². The summed E-state index contributed by atoms with van der Waals surface area (Å²) in [6, 6.07) is -0.210. The number of carboxylic acid groups (broad SMARTS) is 1. The Bertz CT molecular complexity index is 253. The summed E-state index contributed by atoms with van der Waals surface area (Å²) in [7, 11) is 0. The van der Waals surface area contributed by atoms with Gasteiger partial charge in [0.1, 0.15) is 6.54 Å². The van der Waals surface area contributed by atoms with Crippen molar-refractivity contribution in [3.63, 3.8) is 0 Å². The summed E-state index contributed by atoms with van der Waals surface area (Å²) in [5.41, 5.74) is 0. The van der Waals surface area contributed by atoms with E-state index < -0.39 is 5.97 Å². The van der Waals surface area contributed by atoms with Crippen molar-refractivity contribution in [2.24, 2.45) is 5.92 Å². The number of nitrogens with zero attached hydrogens (tertiary/aromatic N) is 1. The summed E-state index contributed by atoms with van der Waals surface area (Å²) in [6.07, 6.45) is 0.759. The van der Waals surface area contributed by atoms with Gasteiger partial charge in [0, 0.05) is 13.1 Å². The van der Waals surface area contributed by atoms with Crippen molar-refractivity contribution in [3.05, 3.63) is 0 Å². The third-order valence-electron chi connectivity index (χ3n) is 2.42. The van der Waals surface area contributed by atoms with Gasteiger partial charge < -0.3 is 15.3 Å². The molecular weight excluding hydrogens is 196 g/mol. The largest absolute Gasteiger partial charge is 0.480 e. The highest BCUT2D eigenvalue weighted by molar-refractivity contribution is 5.86. The van der Waals surface area contributed by atoms with E-state index >= 15 is 0 Å². The van der Waals surface area contributed by atoms with Crippen molar-refractivity contribution in [2.75, 3.05) is 19.6 Å². The molecule has 0 aromatic rings. The minimum absolute atomic E-state index is 0.0858. The molecule has 1 fully saturated rings. The Labute approximate surface area is 89.4 Å². The van der Waals surface area contributed by atoms with Crippen LogP contribution in [0.1, 0.15) is 20.3 Å². The zero-order chi connectivity index (χ0) is 11.4. The molecule has 1 atom stereocenters. The molecule has 1 rings (SSSR count). The summed E-state index contributed by atoms with van der Waals surface area (Å²) in [5.74, 6) is -0.609. The number of amides is 1. The monoisotopic (exact) mass is 214 g/mol. The van der Waals surface area contributed by atoms with E-state index in [0.29, 0.717) is 19.0 Å². The lowest BCUT2D eigenvalue weighted by molar-refractivity contribution is -0.146. The summed E-state index contributed by atoms with van der Waals surface area (Å²) in [4.78, 5) is 23.7. The van der Waals surface area contributed by atoms with E-state index in [-0.39, 0.29) is 18.5 Å². The SMILES string of the molecule is CC(C)C[C@H]1NCCN(CC(=O)O)C1=O. The number of carboxylic acids is 1. The Balaban J connectivity index is 2.54. The van der Waals surface area contributed by atoms with Crippen molar-refractivity contribution < 1.29 is 14.7 Å². The predicted molar refractivity (Wildman–Crippen MR) is 55.5 cm³/mol. The van der Waals surface area contributed by atoms with Gasteiger partial charge in [-0.1, -0.05) is 13.8 Å². The quantitative estimate of drug-likeness (QED) is 0.686. The van der Waals surface area contributed by atoms with Gasteiger partial charge in [-0.3, -0.25) is 9.59 Å². The molecule has 0 unspecified atom stereocenters. The molecule has 0 aromatic heterocycles. The van der Waals surface area contributed by atoms with Crippen LogP contribution >= 0.6 is 0 Å². The Morgan fingerprint density at radius 1 is 1.67 bits per heavy atom. The number of carbonyl (C=O) groups is 2. The van der Waals surface area contributed by atoms with Crippen molar-refractivity contribution in [3.8, 4) is 0 Å². The molecule has 0 aliphatic carbocycles. The third kappa shape index (κ3) is 3.51. The lowest BCUT2D eigenvalue weighted by atomic mass is 10.0. The van der Waals surface area contributed by atoms with Crippen LogP contribution in [0.5, 0.6) is 0 Å². The van der Waals surface area contributed by atoms with Crippen LogP contribution < -0.4 is 5.32 Å². The number of aliphatic carboxylic acids is 1. The summed E-state index contributed by atoms with van der Waals surface area (Å²) < 4.78 is 0. The fourth-order valence-electron chi connectivity index (χ4n) is 1.77. The molecule has 1 aliphatic heterocycles. The zero-order valence-corrected chi connectivity index (χ0v) is 9.19. The first-order chi connectivity index (χ1) is 7.00. The second-order valence-electron chi connectivity index (χ2n) is 4.29. The van der Waals surface area contributed by atoms with Crippen molar-refractivity contribution in [2.45, 2.75) is 26.3 Å². The molecule has 1 aliphatic rings. The van der Waals surface area contributed by atoms with Gasteiger partial charge >= 0.3 is 5.97 Å². The Morgan fingerprint density at radius 2 is 2.33 bits per heavy atom. The first-order valence-electron chi connectivity index (χ1n) is 5.24. The second kappa shape index (κ2) is 5.11. The Kier molecular flexibility index (Phi) is 4.08. The van der Waals surface area contributed by atoms with Gasteiger partial charge in [0.05, 0.1) is 6.04 Å². The van der Waals surface area contributed by atoms with Crippen LogP contribution in [-0.4, -0.2) is 47.6 Å². The minimum atomic E-state index is -0.950. The lowest BCUT2D eigenvalue weighted by Gasteiger charge is -2.32. The van der Waals surface area contributed by atoms with Gasteiger partial charge in [-0.15, -0.1) is 0 Å². The molecule has 0 saturated carbocycles. The van der Waals surface area contributed by atoms with Gasteiger partial charge in [-0.25, -0.2) is 0 Å². The molecule has 2 N–H and O–H groups in total. The average Bonchev–Trinajstić information content (AvgIpc) is 2.10. The highest BCUT2D eigenvalue weighted by Crippen LogP contribution is 2.10. The van der Waals surface area contributed by atoms with E-state index in [1.165, 1.54) is 4.90 Å². The van der Waals surface area contributed by atoms with Crippen molar-refractivity contribution in [1.29, 1.82) is 0 Å². The molecule has 15 heavy (non-hydrogen) atoms. The molecule has 1 saturated heterocycles. The molecule has 86 valence electrons. The molecular formula is C10H18N2O3. The normalized spacial score (nSPS) is 22.2. The van der Waals surface area contributed by atoms with E-state index in [2.05, 4.69) is 5.32 Å². The molecule has 5 heteroatoms.